The molecule has 0 aromatic heterocycles. The van der Waals surface area contributed by atoms with Crippen molar-refractivity contribution in [3.8, 4) is 0 Å². The second-order valence-electron chi connectivity index (χ2n) is 5.85. The van der Waals surface area contributed by atoms with E-state index >= 15 is 0 Å². The SMILES string of the molecule is CC1(NC[C@H]2Cc3ccccc3CN2)CCC1. The Balaban J connectivity index is 1.57. The topological polar surface area (TPSA) is 24.1 Å². The number of nitrogens with one attached hydrogen (secondary N) is 2. The van der Waals surface area contributed by atoms with Crippen LogP contribution in [0, 0.1) is 0 Å². The molecule has 1 aromatic rings. The predicted octanol–water partition coefficient (Wildman–Crippen LogP) is 2.23. The zero-order chi connectivity index (χ0) is 11.7. The molecule has 1 atom stereocenters. The second kappa shape index (κ2) is 4.43. The Morgan fingerprint density at radius 2 is 2.06 bits per heavy atom. The molecule has 17 heavy (non-hydrogen) atoms. The minimum Gasteiger partial charge on any atom is -0.310 e. The standard InChI is InChI=1S/C15H22N2/c1-15(7-4-8-15)17-11-14-9-12-5-2-3-6-13(12)10-16-14/h2-3,5-6,14,16-17H,4,7-11H2,1H3/t14-/m1/s1. The lowest BCUT2D eigenvalue weighted by atomic mass is 9.78. The molecule has 3 rings (SSSR count). The molecule has 2 aliphatic rings. The molecule has 1 aliphatic carbocycles. The van der Waals surface area contributed by atoms with Crippen molar-refractivity contribution < 1.29 is 0 Å². The van der Waals surface area contributed by atoms with Crippen LogP contribution in [0.15, 0.2) is 24.3 Å². The highest BCUT2D eigenvalue weighted by atomic mass is 15.0. The molecule has 0 spiro atoms. The average Bonchev–Trinajstić information content (AvgIpc) is 2.34. The summed E-state index contributed by atoms with van der Waals surface area (Å²) in [5.41, 5.74) is 3.42. The van der Waals surface area contributed by atoms with Crippen molar-refractivity contribution in [2.45, 2.75) is 50.7 Å². The van der Waals surface area contributed by atoms with Gasteiger partial charge in [-0.25, -0.2) is 0 Å². The third-order valence-electron chi connectivity index (χ3n) is 4.40. The maximum Gasteiger partial charge on any atom is 0.0236 e. The second-order valence-corrected chi connectivity index (χ2v) is 5.85. The van der Waals surface area contributed by atoms with Crippen LogP contribution in [0.3, 0.4) is 0 Å². The minimum atomic E-state index is 0.429. The van der Waals surface area contributed by atoms with E-state index in [2.05, 4.69) is 41.8 Å². The summed E-state index contributed by atoms with van der Waals surface area (Å²) < 4.78 is 0. The zero-order valence-electron chi connectivity index (χ0n) is 10.6. The third-order valence-corrected chi connectivity index (χ3v) is 4.40. The van der Waals surface area contributed by atoms with Gasteiger partial charge in [-0.15, -0.1) is 0 Å². The van der Waals surface area contributed by atoms with Gasteiger partial charge in [-0.05, 0) is 43.7 Å². The van der Waals surface area contributed by atoms with Crippen LogP contribution in [-0.2, 0) is 13.0 Å². The highest BCUT2D eigenvalue weighted by Crippen LogP contribution is 2.30. The Morgan fingerprint density at radius 3 is 2.76 bits per heavy atom. The van der Waals surface area contributed by atoms with Crippen molar-refractivity contribution >= 4 is 0 Å². The molecule has 92 valence electrons. The first-order valence-electron chi connectivity index (χ1n) is 6.80. The molecule has 0 radical (unpaired) electrons. The van der Waals surface area contributed by atoms with Gasteiger partial charge in [-0.2, -0.15) is 0 Å². The molecule has 1 fully saturated rings. The molecule has 1 heterocycles. The van der Waals surface area contributed by atoms with E-state index in [-0.39, 0.29) is 0 Å². The lowest BCUT2D eigenvalue weighted by molar-refractivity contribution is 0.200. The van der Waals surface area contributed by atoms with Crippen LogP contribution in [0.1, 0.15) is 37.3 Å². The lowest BCUT2D eigenvalue weighted by Gasteiger charge is -2.41. The fourth-order valence-electron chi connectivity index (χ4n) is 2.92. The van der Waals surface area contributed by atoms with Crippen LogP contribution in [0.5, 0.6) is 0 Å². The smallest absolute Gasteiger partial charge is 0.0236 e. The van der Waals surface area contributed by atoms with E-state index in [1.165, 1.54) is 36.8 Å². The monoisotopic (exact) mass is 230 g/mol. The normalized spacial score (nSPS) is 26.1. The van der Waals surface area contributed by atoms with Gasteiger partial charge >= 0.3 is 0 Å². The lowest BCUT2D eigenvalue weighted by Crippen LogP contribution is -2.53. The molecule has 2 N–H and O–H groups in total. The average molecular weight is 230 g/mol. The first-order valence-corrected chi connectivity index (χ1v) is 6.80. The van der Waals surface area contributed by atoms with Gasteiger partial charge < -0.3 is 10.6 Å². The molecule has 2 heteroatoms. The van der Waals surface area contributed by atoms with E-state index in [9.17, 15) is 0 Å². The van der Waals surface area contributed by atoms with Crippen LogP contribution >= 0.6 is 0 Å². The Bertz CT molecular complexity index is 396. The van der Waals surface area contributed by atoms with Crippen molar-refractivity contribution in [1.29, 1.82) is 0 Å². The van der Waals surface area contributed by atoms with E-state index < -0.39 is 0 Å². The van der Waals surface area contributed by atoms with E-state index in [1.54, 1.807) is 0 Å². The molecule has 1 saturated carbocycles. The summed E-state index contributed by atoms with van der Waals surface area (Å²) in [5, 5.41) is 7.37. The van der Waals surface area contributed by atoms with Gasteiger partial charge in [-0.1, -0.05) is 24.3 Å². The summed E-state index contributed by atoms with van der Waals surface area (Å²) >= 11 is 0. The van der Waals surface area contributed by atoms with Gasteiger partial charge in [-0.3, -0.25) is 0 Å². The van der Waals surface area contributed by atoms with Crippen molar-refractivity contribution in [1.82, 2.24) is 10.6 Å². The molecule has 1 aromatic carbocycles. The highest BCUT2D eigenvalue weighted by molar-refractivity contribution is 5.30. The van der Waals surface area contributed by atoms with Gasteiger partial charge in [0.2, 0.25) is 0 Å². The maximum atomic E-state index is 3.73. The molecule has 1 aliphatic heterocycles. The summed E-state index contributed by atoms with van der Waals surface area (Å²) in [4.78, 5) is 0. The summed E-state index contributed by atoms with van der Waals surface area (Å²) in [6, 6.07) is 9.39. The number of benzene rings is 1. The highest BCUT2D eigenvalue weighted by Gasteiger charge is 2.31. The van der Waals surface area contributed by atoms with Crippen LogP contribution in [0.2, 0.25) is 0 Å². The van der Waals surface area contributed by atoms with Crippen LogP contribution < -0.4 is 10.6 Å². The number of fused-ring (bicyclic) bond motifs is 1. The Kier molecular flexibility index (Phi) is 2.93. The zero-order valence-corrected chi connectivity index (χ0v) is 10.6. The van der Waals surface area contributed by atoms with Crippen molar-refractivity contribution in [3.63, 3.8) is 0 Å². The van der Waals surface area contributed by atoms with Crippen molar-refractivity contribution in [2.24, 2.45) is 0 Å². The molecule has 0 bridgehead atoms. The maximum absolute atomic E-state index is 3.73. The Labute approximate surface area is 104 Å². The summed E-state index contributed by atoms with van der Waals surface area (Å²) in [7, 11) is 0. The number of hydrogen-bond donors (Lipinski definition) is 2. The fourth-order valence-corrected chi connectivity index (χ4v) is 2.92. The first kappa shape index (κ1) is 11.2. The molecule has 0 unspecified atom stereocenters. The molecule has 0 amide bonds. The molecular weight excluding hydrogens is 208 g/mol. The summed E-state index contributed by atoms with van der Waals surface area (Å²) in [5.74, 6) is 0. The largest absolute Gasteiger partial charge is 0.310 e. The summed E-state index contributed by atoms with van der Waals surface area (Å²) in [6.07, 6.45) is 5.25. The molecular formula is C15H22N2. The Morgan fingerprint density at radius 1 is 1.29 bits per heavy atom. The van der Waals surface area contributed by atoms with E-state index in [4.69, 9.17) is 0 Å². The van der Waals surface area contributed by atoms with Gasteiger partial charge in [0.15, 0.2) is 0 Å². The van der Waals surface area contributed by atoms with Crippen LogP contribution in [0.4, 0.5) is 0 Å². The third kappa shape index (κ3) is 2.38. The number of rotatable bonds is 3. The fraction of sp³-hybridized carbons (Fsp3) is 0.600. The number of hydrogen-bond acceptors (Lipinski definition) is 2. The van der Waals surface area contributed by atoms with Gasteiger partial charge in [0.1, 0.15) is 0 Å². The molecule has 0 saturated heterocycles. The molecule has 2 nitrogen and oxygen atoms in total. The quantitative estimate of drug-likeness (QED) is 0.832. The van der Waals surface area contributed by atoms with Crippen LogP contribution in [0.25, 0.3) is 0 Å². The van der Waals surface area contributed by atoms with Crippen molar-refractivity contribution in [2.75, 3.05) is 6.54 Å². The Hall–Kier alpha value is -0.860. The van der Waals surface area contributed by atoms with Crippen molar-refractivity contribution in [3.05, 3.63) is 35.4 Å². The summed E-state index contributed by atoms with van der Waals surface area (Å²) in [6.45, 7) is 4.48. The minimum absolute atomic E-state index is 0.429. The van der Waals surface area contributed by atoms with Crippen LogP contribution in [-0.4, -0.2) is 18.1 Å². The van der Waals surface area contributed by atoms with E-state index in [0.717, 1.165) is 13.1 Å². The van der Waals surface area contributed by atoms with E-state index in [0.29, 0.717) is 11.6 Å². The van der Waals surface area contributed by atoms with Gasteiger partial charge in [0.05, 0.1) is 0 Å². The predicted molar refractivity (Wildman–Crippen MR) is 71.0 cm³/mol. The van der Waals surface area contributed by atoms with Gasteiger partial charge in [0.25, 0.3) is 0 Å². The first-order chi connectivity index (χ1) is 8.25. The van der Waals surface area contributed by atoms with Gasteiger partial charge in [0, 0.05) is 24.7 Å². The van der Waals surface area contributed by atoms with E-state index in [1.807, 2.05) is 0 Å².